The number of guanidine groups is 1. The van der Waals surface area contributed by atoms with E-state index >= 15 is 0 Å². The maximum Gasteiger partial charge on any atom is 0.193 e. The average molecular weight is 329 g/mol. The molecular weight excluding hydrogens is 304 g/mol. The zero-order valence-electron chi connectivity index (χ0n) is 13.1. The molecule has 6 heteroatoms. The lowest BCUT2D eigenvalue weighted by atomic mass is 9.99. The van der Waals surface area contributed by atoms with E-state index in [1.54, 1.807) is 11.3 Å². The molecule has 1 fully saturated rings. The highest BCUT2D eigenvalue weighted by Gasteiger charge is 2.18. The average Bonchev–Trinajstić information content (AvgIpc) is 2.85. The van der Waals surface area contributed by atoms with E-state index in [0.717, 1.165) is 23.4 Å². The molecule has 2 rings (SSSR count). The Kier molecular flexibility index (Phi) is 6.33. The first-order chi connectivity index (χ1) is 10.1. The van der Waals surface area contributed by atoms with Crippen LogP contribution in [0.4, 0.5) is 0 Å². The Morgan fingerprint density at radius 2 is 2.38 bits per heavy atom. The summed E-state index contributed by atoms with van der Waals surface area (Å²) in [5, 5.41) is 3.51. The maximum absolute atomic E-state index is 5.98. The van der Waals surface area contributed by atoms with Gasteiger partial charge in [0.1, 0.15) is 0 Å². The summed E-state index contributed by atoms with van der Waals surface area (Å²) in [6.45, 7) is 4.23. The van der Waals surface area contributed by atoms with Crippen LogP contribution in [0.2, 0.25) is 4.34 Å². The molecule has 2 heterocycles. The predicted molar refractivity (Wildman–Crippen MR) is 92.4 cm³/mol. The number of rotatable bonds is 4. The van der Waals surface area contributed by atoms with Crippen molar-refractivity contribution in [1.29, 1.82) is 0 Å². The highest BCUT2D eigenvalue weighted by molar-refractivity contribution is 7.16. The molecule has 1 saturated heterocycles. The van der Waals surface area contributed by atoms with Gasteiger partial charge >= 0.3 is 0 Å². The fourth-order valence-electron chi connectivity index (χ4n) is 2.81. The number of hydrogen-bond acceptors (Lipinski definition) is 3. The summed E-state index contributed by atoms with van der Waals surface area (Å²) in [6.07, 6.45) is 2.60. The van der Waals surface area contributed by atoms with E-state index < -0.39 is 0 Å². The van der Waals surface area contributed by atoms with Gasteiger partial charge in [0.25, 0.3) is 0 Å². The van der Waals surface area contributed by atoms with Crippen molar-refractivity contribution in [3.8, 4) is 0 Å². The van der Waals surface area contributed by atoms with Gasteiger partial charge in [-0.15, -0.1) is 11.3 Å². The van der Waals surface area contributed by atoms with Gasteiger partial charge in [0.15, 0.2) is 5.96 Å². The quantitative estimate of drug-likeness (QED) is 0.681. The zero-order valence-corrected chi connectivity index (χ0v) is 14.7. The molecule has 1 aromatic rings. The number of aliphatic imine (C=N–C) groups is 1. The van der Waals surface area contributed by atoms with Gasteiger partial charge in [-0.05, 0) is 44.5 Å². The molecule has 0 saturated carbocycles. The van der Waals surface area contributed by atoms with Crippen LogP contribution in [0, 0.1) is 5.92 Å². The summed E-state index contributed by atoms with van der Waals surface area (Å²) in [5.41, 5.74) is 0. The summed E-state index contributed by atoms with van der Waals surface area (Å²) >= 11 is 7.61. The third-order valence-electron chi connectivity index (χ3n) is 3.87. The van der Waals surface area contributed by atoms with Crippen LogP contribution in [0.5, 0.6) is 0 Å². The molecular formula is C15H25ClN4S. The number of piperidine rings is 1. The van der Waals surface area contributed by atoms with E-state index in [1.165, 1.54) is 30.8 Å². The Morgan fingerprint density at radius 3 is 3.00 bits per heavy atom. The van der Waals surface area contributed by atoms with E-state index in [1.807, 2.05) is 13.1 Å². The first-order valence-electron chi connectivity index (χ1n) is 7.43. The molecule has 1 aliphatic heterocycles. The third-order valence-corrected chi connectivity index (χ3v) is 5.08. The zero-order chi connectivity index (χ0) is 15.2. The highest BCUT2D eigenvalue weighted by atomic mass is 35.5. The molecule has 21 heavy (non-hydrogen) atoms. The normalized spacial score (nSPS) is 20.6. The summed E-state index contributed by atoms with van der Waals surface area (Å²) in [5.74, 6) is 1.66. The van der Waals surface area contributed by atoms with Gasteiger partial charge in [0, 0.05) is 32.1 Å². The van der Waals surface area contributed by atoms with Crippen LogP contribution in [0.3, 0.4) is 0 Å². The molecule has 0 aromatic carbocycles. The van der Waals surface area contributed by atoms with E-state index in [-0.39, 0.29) is 0 Å². The van der Waals surface area contributed by atoms with Gasteiger partial charge in [-0.3, -0.25) is 4.99 Å². The lowest BCUT2D eigenvalue weighted by Gasteiger charge is -2.31. The number of nitrogens with one attached hydrogen (secondary N) is 1. The lowest BCUT2D eigenvalue weighted by Crippen LogP contribution is -2.43. The third kappa shape index (κ3) is 5.16. The molecule has 0 radical (unpaired) electrons. The van der Waals surface area contributed by atoms with Gasteiger partial charge in [0.05, 0.1) is 10.9 Å². The van der Waals surface area contributed by atoms with Crippen molar-refractivity contribution in [2.75, 3.05) is 40.8 Å². The van der Waals surface area contributed by atoms with Gasteiger partial charge in [-0.1, -0.05) is 11.6 Å². The number of likely N-dealkylation sites (tertiary alicyclic amines) is 1. The summed E-state index contributed by atoms with van der Waals surface area (Å²) < 4.78 is 0.839. The molecule has 1 unspecified atom stereocenters. The topological polar surface area (TPSA) is 30.9 Å². The smallest absolute Gasteiger partial charge is 0.193 e. The first-order valence-corrected chi connectivity index (χ1v) is 8.62. The van der Waals surface area contributed by atoms with Crippen molar-refractivity contribution >= 4 is 28.9 Å². The van der Waals surface area contributed by atoms with Crippen LogP contribution in [0.25, 0.3) is 0 Å². The van der Waals surface area contributed by atoms with Crippen molar-refractivity contribution in [1.82, 2.24) is 15.1 Å². The van der Waals surface area contributed by atoms with E-state index in [2.05, 4.69) is 40.3 Å². The Bertz CT molecular complexity index is 474. The van der Waals surface area contributed by atoms with Crippen molar-refractivity contribution in [3.63, 3.8) is 0 Å². The Morgan fingerprint density at radius 1 is 1.57 bits per heavy atom. The fourth-order valence-corrected chi connectivity index (χ4v) is 3.95. The van der Waals surface area contributed by atoms with Gasteiger partial charge in [-0.25, -0.2) is 0 Å². The van der Waals surface area contributed by atoms with Gasteiger partial charge < -0.3 is 15.1 Å². The largest absolute Gasteiger partial charge is 0.356 e. The summed E-state index contributed by atoms with van der Waals surface area (Å²) in [7, 11) is 6.11. The fraction of sp³-hybridized carbons (Fsp3) is 0.667. The van der Waals surface area contributed by atoms with Crippen molar-refractivity contribution in [3.05, 3.63) is 21.3 Å². The molecule has 1 aromatic heterocycles. The standard InChI is InChI=1S/C15H25ClN4S/c1-17-15(18-9-12-5-4-8-19(2)10-12)20(3)11-13-6-7-14(16)21-13/h6-7,12H,4-5,8-11H2,1-3H3,(H,17,18). The lowest BCUT2D eigenvalue weighted by molar-refractivity contribution is 0.209. The Hall–Kier alpha value is -0.780. The molecule has 4 nitrogen and oxygen atoms in total. The van der Waals surface area contributed by atoms with Gasteiger partial charge in [-0.2, -0.15) is 0 Å². The molecule has 0 amide bonds. The monoisotopic (exact) mass is 328 g/mol. The van der Waals surface area contributed by atoms with Crippen LogP contribution in [0.15, 0.2) is 17.1 Å². The van der Waals surface area contributed by atoms with Crippen LogP contribution in [0.1, 0.15) is 17.7 Å². The van der Waals surface area contributed by atoms with Gasteiger partial charge in [0.2, 0.25) is 0 Å². The van der Waals surface area contributed by atoms with Crippen LogP contribution in [-0.2, 0) is 6.54 Å². The molecule has 1 atom stereocenters. The molecule has 1 aliphatic rings. The number of hydrogen-bond donors (Lipinski definition) is 1. The maximum atomic E-state index is 5.98. The minimum absolute atomic E-state index is 0.713. The second kappa shape index (κ2) is 8.01. The Labute approximate surface area is 136 Å². The van der Waals surface area contributed by atoms with Crippen molar-refractivity contribution < 1.29 is 0 Å². The van der Waals surface area contributed by atoms with Crippen LogP contribution < -0.4 is 5.32 Å². The highest BCUT2D eigenvalue weighted by Crippen LogP contribution is 2.22. The van der Waals surface area contributed by atoms with Crippen molar-refractivity contribution in [2.24, 2.45) is 10.9 Å². The van der Waals surface area contributed by atoms with E-state index in [4.69, 9.17) is 11.6 Å². The molecule has 1 N–H and O–H groups in total. The second-order valence-corrected chi connectivity index (χ2v) is 7.56. The molecule has 118 valence electrons. The number of nitrogens with zero attached hydrogens (tertiary/aromatic N) is 3. The minimum Gasteiger partial charge on any atom is -0.356 e. The minimum atomic E-state index is 0.713. The first kappa shape index (κ1) is 16.6. The second-order valence-electron chi connectivity index (χ2n) is 5.76. The van der Waals surface area contributed by atoms with Crippen LogP contribution >= 0.6 is 22.9 Å². The van der Waals surface area contributed by atoms with Crippen molar-refractivity contribution in [2.45, 2.75) is 19.4 Å². The number of thiophene rings is 1. The SMILES string of the molecule is CN=C(NCC1CCCN(C)C1)N(C)Cc1ccc(Cl)s1. The van der Waals surface area contributed by atoms with E-state index in [9.17, 15) is 0 Å². The Balaban J connectivity index is 1.81. The van der Waals surface area contributed by atoms with E-state index in [0.29, 0.717) is 5.92 Å². The molecule has 0 aliphatic carbocycles. The summed E-state index contributed by atoms with van der Waals surface area (Å²) in [6, 6.07) is 4.02. The predicted octanol–water partition coefficient (Wildman–Crippen LogP) is 2.75. The van der Waals surface area contributed by atoms with Crippen LogP contribution in [-0.4, -0.2) is 56.5 Å². The summed E-state index contributed by atoms with van der Waals surface area (Å²) in [4.78, 5) is 10.2. The number of halogens is 1. The molecule has 0 spiro atoms. The molecule has 0 bridgehead atoms.